The maximum Gasteiger partial charge on any atom is 0.0744 e. The largest absolute Gasteiger partial charge is 0.352 e. The van der Waals surface area contributed by atoms with Crippen molar-refractivity contribution in [2.75, 3.05) is 16.2 Å². The summed E-state index contributed by atoms with van der Waals surface area (Å²) < 4.78 is 0. The quantitative estimate of drug-likeness (QED) is 0.337. The average molecular weight is 324 g/mol. The highest BCUT2D eigenvalue weighted by atomic mass is 79.9. The predicted molar refractivity (Wildman–Crippen MR) is 88.7 cm³/mol. The summed E-state index contributed by atoms with van der Waals surface area (Å²) in [4.78, 5) is 2.16. The SMILES string of the molecule is C=Cc1c(C2CC2)ccc(N(CS)CBr)c1C=C. The van der Waals surface area contributed by atoms with Gasteiger partial charge >= 0.3 is 0 Å². The Kier molecular flexibility index (Phi) is 4.57. The highest BCUT2D eigenvalue weighted by molar-refractivity contribution is 9.09. The van der Waals surface area contributed by atoms with Crippen LogP contribution in [0, 0.1) is 0 Å². The molecule has 0 saturated heterocycles. The first-order valence-electron chi connectivity index (χ1n) is 6.10. The lowest BCUT2D eigenvalue weighted by Gasteiger charge is -2.24. The average Bonchev–Trinajstić information content (AvgIpc) is 3.23. The van der Waals surface area contributed by atoms with Crippen LogP contribution in [0.3, 0.4) is 0 Å². The van der Waals surface area contributed by atoms with Crippen molar-refractivity contribution in [2.24, 2.45) is 0 Å². The number of hydrogen-bond acceptors (Lipinski definition) is 2. The number of thiol groups is 1. The lowest BCUT2D eigenvalue weighted by molar-refractivity contribution is 1.06. The van der Waals surface area contributed by atoms with Crippen molar-refractivity contribution in [3.05, 3.63) is 42.0 Å². The third-order valence-electron chi connectivity index (χ3n) is 3.38. The van der Waals surface area contributed by atoms with Gasteiger partial charge in [-0.25, -0.2) is 0 Å². The molecule has 0 aliphatic heterocycles. The highest BCUT2D eigenvalue weighted by Gasteiger charge is 2.27. The number of anilines is 1. The second-order valence-electron chi connectivity index (χ2n) is 4.48. The molecule has 0 atom stereocenters. The third-order valence-corrected chi connectivity index (χ3v) is 4.33. The molecule has 0 bridgehead atoms. The standard InChI is InChI=1S/C15H18BrNS/c1-3-12-13(4-2)15(17(9-16)10-18)8-7-14(12)11-5-6-11/h3-4,7-8,11,18H,1-2,5-6,9-10H2. The highest BCUT2D eigenvalue weighted by Crippen LogP contribution is 2.44. The monoisotopic (exact) mass is 323 g/mol. The molecule has 0 amide bonds. The number of halogens is 1. The Balaban J connectivity index is 2.54. The van der Waals surface area contributed by atoms with Gasteiger partial charge in [-0.2, -0.15) is 12.6 Å². The van der Waals surface area contributed by atoms with Crippen LogP contribution in [0.15, 0.2) is 25.3 Å². The molecule has 0 spiro atoms. The second kappa shape index (κ2) is 5.98. The molecule has 96 valence electrons. The first-order chi connectivity index (χ1) is 8.76. The fraction of sp³-hybridized carbons (Fsp3) is 0.333. The fourth-order valence-electron chi connectivity index (χ4n) is 2.29. The molecule has 1 aliphatic rings. The molecule has 1 aliphatic carbocycles. The van der Waals surface area contributed by atoms with E-state index in [1.54, 1.807) is 0 Å². The van der Waals surface area contributed by atoms with Gasteiger partial charge in [0, 0.05) is 11.3 Å². The van der Waals surface area contributed by atoms with Crippen molar-refractivity contribution < 1.29 is 0 Å². The maximum absolute atomic E-state index is 4.37. The summed E-state index contributed by atoms with van der Waals surface area (Å²) in [7, 11) is 0. The van der Waals surface area contributed by atoms with E-state index in [0.717, 1.165) is 17.1 Å². The van der Waals surface area contributed by atoms with Crippen molar-refractivity contribution in [1.29, 1.82) is 0 Å². The van der Waals surface area contributed by atoms with Gasteiger partial charge in [-0.3, -0.25) is 0 Å². The second-order valence-corrected chi connectivity index (χ2v) is 5.27. The Morgan fingerprint density at radius 1 is 1.28 bits per heavy atom. The number of hydrogen-bond donors (Lipinski definition) is 1. The molecular weight excluding hydrogens is 306 g/mol. The minimum Gasteiger partial charge on any atom is -0.352 e. The molecule has 1 fully saturated rings. The van der Waals surface area contributed by atoms with Crippen molar-refractivity contribution in [2.45, 2.75) is 18.8 Å². The Labute approximate surface area is 123 Å². The van der Waals surface area contributed by atoms with Gasteiger partial charge in [-0.15, -0.1) is 0 Å². The van der Waals surface area contributed by atoms with Gasteiger partial charge in [-0.1, -0.05) is 47.3 Å². The van der Waals surface area contributed by atoms with Gasteiger partial charge in [0.25, 0.3) is 0 Å². The lowest BCUT2D eigenvalue weighted by Crippen LogP contribution is -2.20. The van der Waals surface area contributed by atoms with Crippen LogP contribution in [-0.2, 0) is 0 Å². The Hall–Kier alpha value is -0.670. The van der Waals surface area contributed by atoms with Crippen LogP contribution in [0.4, 0.5) is 5.69 Å². The van der Waals surface area contributed by atoms with Gasteiger partial charge in [0.1, 0.15) is 0 Å². The van der Waals surface area contributed by atoms with E-state index in [-0.39, 0.29) is 0 Å². The number of rotatable bonds is 6. The molecule has 3 heteroatoms. The van der Waals surface area contributed by atoms with Crippen LogP contribution in [0.1, 0.15) is 35.4 Å². The first-order valence-corrected chi connectivity index (χ1v) is 7.85. The molecule has 0 N–H and O–H groups in total. The summed E-state index contributed by atoms with van der Waals surface area (Å²) in [6.07, 6.45) is 6.48. The Morgan fingerprint density at radius 2 is 1.94 bits per heavy atom. The van der Waals surface area contributed by atoms with Crippen LogP contribution in [0.25, 0.3) is 12.2 Å². The Morgan fingerprint density at radius 3 is 2.39 bits per heavy atom. The predicted octanol–water partition coefficient (Wildman–Crippen LogP) is 4.90. The summed E-state index contributed by atoms with van der Waals surface area (Å²) >= 11 is 7.87. The topological polar surface area (TPSA) is 3.24 Å². The van der Waals surface area contributed by atoms with Gasteiger partial charge < -0.3 is 4.90 Å². The summed E-state index contributed by atoms with van der Waals surface area (Å²) in [6, 6.07) is 4.41. The molecule has 18 heavy (non-hydrogen) atoms. The zero-order valence-corrected chi connectivity index (χ0v) is 12.9. The first kappa shape index (κ1) is 13.8. The molecule has 0 aromatic heterocycles. The van der Waals surface area contributed by atoms with E-state index in [0.29, 0.717) is 5.88 Å². The number of nitrogens with zero attached hydrogens (tertiary/aromatic N) is 1. The van der Waals surface area contributed by atoms with Crippen molar-refractivity contribution in [1.82, 2.24) is 0 Å². The van der Waals surface area contributed by atoms with Crippen LogP contribution < -0.4 is 4.90 Å². The lowest BCUT2D eigenvalue weighted by atomic mass is 9.95. The summed E-state index contributed by atoms with van der Waals surface area (Å²) in [5.41, 5.74) is 5.74. The van der Waals surface area contributed by atoms with E-state index in [4.69, 9.17) is 0 Å². The molecule has 1 aromatic carbocycles. The van der Waals surface area contributed by atoms with Crippen LogP contribution >= 0.6 is 28.6 Å². The molecule has 0 radical (unpaired) electrons. The van der Waals surface area contributed by atoms with Crippen molar-refractivity contribution in [3.8, 4) is 0 Å². The van der Waals surface area contributed by atoms with E-state index < -0.39 is 0 Å². The zero-order valence-electron chi connectivity index (χ0n) is 10.4. The number of alkyl halides is 1. The molecule has 1 aromatic rings. The molecule has 1 saturated carbocycles. The fourth-order valence-corrected chi connectivity index (χ4v) is 3.26. The normalized spacial score (nSPS) is 14.3. The van der Waals surface area contributed by atoms with Gasteiger partial charge in [-0.05, 0) is 36.0 Å². The minimum absolute atomic E-state index is 0.672. The molecule has 1 nitrogen and oxygen atoms in total. The van der Waals surface area contributed by atoms with Crippen molar-refractivity contribution in [3.63, 3.8) is 0 Å². The van der Waals surface area contributed by atoms with E-state index >= 15 is 0 Å². The molecular formula is C15H18BrNS. The van der Waals surface area contributed by atoms with Crippen LogP contribution in [0.5, 0.6) is 0 Å². The summed E-state index contributed by atoms with van der Waals surface area (Å²) in [5, 5.41) is 0. The number of benzene rings is 1. The summed E-state index contributed by atoms with van der Waals surface area (Å²) in [6.45, 7) is 7.92. The molecule has 2 rings (SSSR count). The Bertz CT molecular complexity index is 462. The smallest absolute Gasteiger partial charge is 0.0744 e. The zero-order chi connectivity index (χ0) is 13.1. The maximum atomic E-state index is 4.37. The van der Waals surface area contributed by atoms with Gasteiger partial charge in [0.2, 0.25) is 0 Å². The van der Waals surface area contributed by atoms with Gasteiger partial charge in [0.05, 0.1) is 11.3 Å². The molecule has 0 heterocycles. The van der Waals surface area contributed by atoms with E-state index in [2.05, 4.69) is 58.7 Å². The van der Waals surface area contributed by atoms with Crippen LogP contribution in [-0.4, -0.2) is 11.3 Å². The van der Waals surface area contributed by atoms with Gasteiger partial charge in [0.15, 0.2) is 0 Å². The third kappa shape index (κ3) is 2.52. The van der Waals surface area contributed by atoms with Crippen LogP contribution in [0.2, 0.25) is 0 Å². The van der Waals surface area contributed by atoms with E-state index in [1.165, 1.54) is 29.5 Å². The minimum atomic E-state index is 0.672. The van der Waals surface area contributed by atoms with E-state index in [1.807, 2.05) is 12.2 Å². The molecule has 0 unspecified atom stereocenters. The van der Waals surface area contributed by atoms with E-state index in [9.17, 15) is 0 Å². The summed E-state index contributed by atoms with van der Waals surface area (Å²) in [5.74, 6) is 1.39. The van der Waals surface area contributed by atoms with Crippen molar-refractivity contribution >= 4 is 46.4 Å².